The quantitative estimate of drug-likeness (QED) is 0.176. The van der Waals surface area contributed by atoms with Gasteiger partial charge in [0.25, 0.3) is 0 Å². The van der Waals surface area contributed by atoms with Crippen molar-refractivity contribution in [2.45, 2.75) is 94.9 Å². The van der Waals surface area contributed by atoms with Gasteiger partial charge in [-0.05, 0) is 64.7 Å². The highest BCUT2D eigenvalue weighted by Gasteiger charge is 2.23. The van der Waals surface area contributed by atoms with Gasteiger partial charge in [-0.3, -0.25) is 4.21 Å². The van der Waals surface area contributed by atoms with E-state index >= 15 is 0 Å². The molecule has 3 atom stereocenters. The van der Waals surface area contributed by atoms with Gasteiger partial charge >= 0.3 is 0 Å². The Hall–Kier alpha value is -1.60. The Bertz CT molecular complexity index is 937. The molecule has 0 unspecified atom stereocenters. The maximum atomic E-state index is 12.9. The number of aryl methyl sites for hydroxylation is 1. The van der Waals surface area contributed by atoms with Crippen molar-refractivity contribution >= 4 is 21.8 Å². The topological polar surface area (TPSA) is 55.4 Å². The summed E-state index contributed by atoms with van der Waals surface area (Å²) in [4.78, 5) is 0.813. The van der Waals surface area contributed by atoms with Crippen molar-refractivity contribution in [2.24, 2.45) is 0 Å². The molecule has 1 N–H and O–H groups in total. The van der Waals surface area contributed by atoms with E-state index in [4.69, 9.17) is 4.74 Å². The number of benzene rings is 2. The van der Waals surface area contributed by atoms with E-state index in [9.17, 15) is 8.42 Å². The van der Waals surface area contributed by atoms with Crippen LogP contribution in [0.3, 0.4) is 0 Å². The Kier molecular flexibility index (Phi) is 14.5. The smallest absolute Gasteiger partial charge is 0.0976 e. The first-order valence-corrected chi connectivity index (χ1v) is 15.6. The van der Waals surface area contributed by atoms with Crippen LogP contribution in [0.2, 0.25) is 0 Å². The summed E-state index contributed by atoms with van der Waals surface area (Å²) in [6, 6.07) is 17.9. The molecule has 200 valence electrons. The van der Waals surface area contributed by atoms with Gasteiger partial charge in [-0.2, -0.15) is 0 Å². The SMILES string of the molecule is Cc1ccc([S@@](=O)C[C@@H](/C=C/CCCCCCCCOCc2ccccc2)N[S@@](=O)C(C)(C)C)cc1. The average Bonchev–Trinajstić information content (AvgIpc) is 2.85. The Morgan fingerprint density at radius 2 is 1.53 bits per heavy atom. The van der Waals surface area contributed by atoms with Gasteiger partial charge in [0.05, 0.1) is 33.1 Å². The van der Waals surface area contributed by atoms with Crippen molar-refractivity contribution in [2.75, 3.05) is 12.4 Å². The molecule has 0 saturated heterocycles. The number of nitrogens with one attached hydrogen (secondary N) is 1. The fraction of sp³-hybridized carbons (Fsp3) is 0.533. The van der Waals surface area contributed by atoms with Crippen LogP contribution in [0, 0.1) is 6.92 Å². The van der Waals surface area contributed by atoms with Crippen molar-refractivity contribution in [1.29, 1.82) is 0 Å². The van der Waals surface area contributed by atoms with Gasteiger partial charge in [-0.1, -0.05) is 85.9 Å². The summed E-state index contributed by atoms with van der Waals surface area (Å²) in [7, 11) is -2.37. The number of unbranched alkanes of at least 4 members (excludes halogenated alkanes) is 6. The van der Waals surface area contributed by atoms with E-state index in [-0.39, 0.29) is 10.8 Å². The molecule has 0 saturated carbocycles. The van der Waals surface area contributed by atoms with Crippen molar-refractivity contribution in [3.05, 3.63) is 77.9 Å². The maximum absolute atomic E-state index is 12.9. The van der Waals surface area contributed by atoms with Crippen LogP contribution < -0.4 is 4.72 Å². The molecular weight excluding hydrogens is 486 g/mol. The standard InChI is InChI=1S/C30H45NO3S2/c1-26-19-21-29(22-20-26)35(32)25-28(31-36(33)30(2,3)4)18-14-9-7-5-6-8-10-15-23-34-24-27-16-12-11-13-17-27/h11-14,16-22,28,31H,5-10,15,23-25H2,1-4H3/b18-14+/t28-,35+,36+/m1/s1. The molecule has 0 fully saturated rings. The highest BCUT2D eigenvalue weighted by atomic mass is 32.2. The van der Waals surface area contributed by atoms with Gasteiger partial charge in [0, 0.05) is 23.3 Å². The summed E-state index contributed by atoms with van der Waals surface area (Å²) in [5.41, 5.74) is 2.38. The Labute approximate surface area is 224 Å². The first-order chi connectivity index (χ1) is 17.3. The molecule has 0 heterocycles. The molecule has 36 heavy (non-hydrogen) atoms. The van der Waals surface area contributed by atoms with Gasteiger partial charge in [0.2, 0.25) is 0 Å². The van der Waals surface area contributed by atoms with E-state index in [0.29, 0.717) is 12.4 Å². The summed E-state index contributed by atoms with van der Waals surface area (Å²) in [6.45, 7) is 9.39. The molecule has 0 aliphatic rings. The molecule has 0 aromatic heterocycles. The molecule has 0 aliphatic carbocycles. The molecule has 2 rings (SSSR count). The summed E-state index contributed by atoms with van der Waals surface area (Å²) in [5.74, 6) is 0.410. The van der Waals surface area contributed by atoms with Crippen molar-refractivity contribution < 1.29 is 13.2 Å². The Morgan fingerprint density at radius 3 is 2.19 bits per heavy atom. The Morgan fingerprint density at radius 1 is 0.889 bits per heavy atom. The summed E-state index contributed by atoms with van der Waals surface area (Å²) in [6.07, 6.45) is 12.3. The number of allylic oxidation sites excluding steroid dienone is 1. The fourth-order valence-electron chi connectivity index (χ4n) is 3.59. The van der Waals surface area contributed by atoms with Crippen LogP contribution >= 0.6 is 0 Å². The van der Waals surface area contributed by atoms with Gasteiger partial charge in [0.15, 0.2) is 0 Å². The summed E-state index contributed by atoms with van der Waals surface area (Å²) < 4.78 is 34.1. The minimum absolute atomic E-state index is 0.192. The molecular formula is C30H45NO3S2. The zero-order valence-electron chi connectivity index (χ0n) is 22.5. The third-order valence-electron chi connectivity index (χ3n) is 5.82. The average molecular weight is 532 g/mol. The minimum atomic E-state index is -1.22. The zero-order chi connectivity index (χ0) is 26.2. The zero-order valence-corrected chi connectivity index (χ0v) is 24.2. The van der Waals surface area contributed by atoms with Crippen molar-refractivity contribution in [3.63, 3.8) is 0 Å². The lowest BCUT2D eigenvalue weighted by Crippen LogP contribution is -2.41. The Balaban J connectivity index is 1.65. The van der Waals surface area contributed by atoms with Crippen LogP contribution in [0.1, 0.15) is 76.8 Å². The van der Waals surface area contributed by atoms with E-state index in [2.05, 4.69) is 29.0 Å². The summed E-state index contributed by atoms with van der Waals surface area (Å²) in [5, 5.41) is 0. The molecule has 0 radical (unpaired) electrons. The predicted molar refractivity (Wildman–Crippen MR) is 155 cm³/mol. The minimum Gasteiger partial charge on any atom is -0.377 e. The highest BCUT2D eigenvalue weighted by molar-refractivity contribution is 7.85. The molecule has 0 amide bonds. The van der Waals surface area contributed by atoms with E-state index < -0.39 is 21.8 Å². The van der Waals surface area contributed by atoms with Gasteiger partial charge < -0.3 is 4.74 Å². The van der Waals surface area contributed by atoms with Crippen LogP contribution in [-0.4, -0.2) is 31.6 Å². The lowest BCUT2D eigenvalue weighted by atomic mass is 10.1. The molecule has 0 aliphatic heterocycles. The molecule has 0 bridgehead atoms. The van der Waals surface area contributed by atoms with E-state index in [1.165, 1.54) is 31.2 Å². The second-order valence-electron chi connectivity index (χ2n) is 10.3. The molecule has 6 heteroatoms. The summed E-state index contributed by atoms with van der Waals surface area (Å²) >= 11 is 0. The monoisotopic (exact) mass is 531 g/mol. The predicted octanol–water partition coefficient (Wildman–Crippen LogP) is 7.03. The lowest BCUT2D eigenvalue weighted by Gasteiger charge is -2.22. The second kappa shape index (κ2) is 17.0. The first-order valence-electron chi connectivity index (χ1n) is 13.2. The van der Waals surface area contributed by atoms with Crippen LogP contribution in [-0.2, 0) is 33.1 Å². The molecule has 4 nitrogen and oxygen atoms in total. The van der Waals surface area contributed by atoms with E-state index in [1.54, 1.807) is 0 Å². The van der Waals surface area contributed by atoms with Crippen molar-refractivity contribution in [1.82, 2.24) is 4.72 Å². The normalized spacial score (nSPS) is 14.7. The lowest BCUT2D eigenvalue weighted by molar-refractivity contribution is 0.116. The van der Waals surface area contributed by atoms with Crippen LogP contribution in [0.4, 0.5) is 0 Å². The van der Waals surface area contributed by atoms with Gasteiger partial charge in [0.1, 0.15) is 0 Å². The third kappa shape index (κ3) is 13.1. The number of hydrogen-bond donors (Lipinski definition) is 1. The maximum Gasteiger partial charge on any atom is 0.0976 e. The number of hydrogen-bond acceptors (Lipinski definition) is 3. The van der Waals surface area contributed by atoms with Crippen LogP contribution in [0.25, 0.3) is 0 Å². The van der Waals surface area contributed by atoms with Crippen LogP contribution in [0.15, 0.2) is 71.6 Å². The first kappa shape index (κ1) is 30.6. The molecule has 0 spiro atoms. The van der Waals surface area contributed by atoms with E-state index in [1.807, 2.05) is 70.2 Å². The van der Waals surface area contributed by atoms with E-state index in [0.717, 1.165) is 36.3 Å². The number of rotatable bonds is 17. The fourth-order valence-corrected chi connectivity index (χ4v) is 5.64. The second-order valence-corrected chi connectivity index (χ2v) is 13.8. The van der Waals surface area contributed by atoms with Crippen molar-refractivity contribution in [3.8, 4) is 0 Å². The largest absolute Gasteiger partial charge is 0.377 e. The number of ether oxygens (including phenoxy) is 1. The van der Waals surface area contributed by atoms with Gasteiger partial charge in [-0.15, -0.1) is 0 Å². The third-order valence-corrected chi connectivity index (χ3v) is 8.91. The highest BCUT2D eigenvalue weighted by Crippen LogP contribution is 2.14. The molecule has 2 aromatic rings. The van der Waals surface area contributed by atoms with Crippen LogP contribution in [0.5, 0.6) is 0 Å². The molecule has 2 aromatic carbocycles. The van der Waals surface area contributed by atoms with Gasteiger partial charge in [-0.25, -0.2) is 8.93 Å².